The molecule has 0 aromatic heterocycles. The smallest absolute Gasteiger partial charge is 0.408 e. The summed E-state index contributed by atoms with van der Waals surface area (Å²) >= 11 is 0. The van der Waals surface area contributed by atoms with Crippen LogP contribution >= 0.6 is 0 Å². The maximum absolute atomic E-state index is 14.1. The first-order chi connectivity index (χ1) is 18.9. The number of carbonyl (C=O) groups is 5. The van der Waals surface area contributed by atoms with Crippen molar-refractivity contribution in [1.82, 2.24) is 15.5 Å². The Hall–Kier alpha value is -2.79. The van der Waals surface area contributed by atoms with E-state index in [1.807, 2.05) is 13.8 Å². The number of alkyl halides is 2. The van der Waals surface area contributed by atoms with Gasteiger partial charge in [0.1, 0.15) is 17.7 Å². The van der Waals surface area contributed by atoms with Gasteiger partial charge in [-0.15, -0.1) is 0 Å². The molecule has 230 valence electrons. The maximum Gasteiger partial charge on any atom is 0.408 e. The van der Waals surface area contributed by atoms with Crippen molar-refractivity contribution >= 4 is 29.7 Å². The number of methoxy groups -OCH3 is 1. The van der Waals surface area contributed by atoms with Crippen LogP contribution in [0, 0.1) is 29.1 Å². The lowest BCUT2D eigenvalue weighted by Gasteiger charge is -2.38. The Morgan fingerprint density at radius 1 is 1.00 bits per heavy atom. The third-order valence-corrected chi connectivity index (χ3v) is 9.22. The van der Waals surface area contributed by atoms with Crippen molar-refractivity contribution in [3.63, 3.8) is 0 Å². The van der Waals surface area contributed by atoms with Crippen molar-refractivity contribution in [2.75, 3.05) is 13.7 Å². The summed E-state index contributed by atoms with van der Waals surface area (Å²) in [6.45, 7) is 9.29. The Labute approximate surface area is 239 Å². The van der Waals surface area contributed by atoms with E-state index in [9.17, 15) is 32.8 Å². The molecule has 3 amide bonds. The van der Waals surface area contributed by atoms with Gasteiger partial charge in [-0.3, -0.25) is 14.4 Å². The highest BCUT2D eigenvalue weighted by atomic mass is 19.3. The molecule has 1 unspecified atom stereocenters. The van der Waals surface area contributed by atoms with Crippen LogP contribution in [0.25, 0.3) is 0 Å². The van der Waals surface area contributed by atoms with Gasteiger partial charge in [-0.05, 0) is 69.1 Å². The van der Waals surface area contributed by atoms with E-state index in [1.165, 1.54) is 4.90 Å². The highest BCUT2D eigenvalue weighted by molar-refractivity contribution is 6.36. The number of piperidine rings is 1. The van der Waals surface area contributed by atoms with Crippen LogP contribution < -0.4 is 10.6 Å². The molecular formula is C29H43F2N3O7. The van der Waals surface area contributed by atoms with E-state index >= 15 is 0 Å². The summed E-state index contributed by atoms with van der Waals surface area (Å²) in [4.78, 5) is 66.8. The summed E-state index contributed by atoms with van der Waals surface area (Å²) in [5, 5.41) is 5.36. The zero-order valence-electron chi connectivity index (χ0n) is 24.8. The lowest BCUT2D eigenvalue weighted by molar-refractivity contribution is -0.153. The van der Waals surface area contributed by atoms with E-state index in [0.717, 1.165) is 20.0 Å². The topological polar surface area (TPSA) is 131 Å². The number of likely N-dealkylation sites (tertiary alicyclic amines) is 1. The number of amides is 3. The second-order valence-electron chi connectivity index (χ2n) is 13.8. The van der Waals surface area contributed by atoms with Gasteiger partial charge in [-0.25, -0.2) is 18.4 Å². The fourth-order valence-electron chi connectivity index (χ4n) is 6.62. The number of hydrogen-bond acceptors (Lipinski definition) is 7. The lowest BCUT2D eigenvalue weighted by atomic mass is 9.81. The Morgan fingerprint density at radius 3 is 2.15 bits per heavy atom. The second kappa shape index (κ2) is 11.1. The Kier molecular flexibility index (Phi) is 8.46. The molecule has 1 heterocycles. The lowest BCUT2D eigenvalue weighted by Crippen LogP contribution is -2.60. The van der Waals surface area contributed by atoms with Crippen LogP contribution in [0.5, 0.6) is 0 Å². The standard InChI is InChI=1S/C29H43F2N3O7/c1-27(2,3)41-26(39)33-20(16-9-11-29(30,31)12-10-16)24(37)34-14-17-19(28(17,4)5)21(34)23(36)32-18(13-15-7-8-15)22(35)25(38)40-6/h15-21H,7-14H2,1-6H3,(H,32,36)(H,33,39)/t17-,18?,19-,20-,21-/m0/s1. The van der Waals surface area contributed by atoms with E-state index < -0.39 is 78.1 Å². The molecule has 4 rings (SSSR count). The zero-order valence-corrected chi connectivity index (χ0v) is 24.8. The minimum Gasteiger partial charge on any atom is -0.463 e. The van der Waals surface area contributed by atoms with Gasteiger partial charge in [0, 0.05) is 19.4 Å². The minimum atomic E-state index is -2.83. The van der Waals surface area contributed by atoms with Gasteiger partial charge in [-0.1, -0.05) is 26.7 Å². The molecule has 4 aliphatic rings. The molecular weight excluding hydrogens is 540 g/mol. The predicted octanol–water partition coefficient (Wildman–Crippen LogP) is 3.22. The van der Waals surface area contributed by atoms with Crippen molar-refractivity contribution in [3.05, 3.63) is 0 Å². The highest BCUT2D eigenvalue weighted by Gasteiger charge is 2.70. The van der Waals surface area contributed by atoms with Gasteiger partial charge in [0.05, 0.1) is 13.2 Å². The summed E-state index contributed by atoms with van der Waals surface area (Å²) < 4.78 is 37.9. The number of hydrogen-bond donors (Lipinski definition) is 2. The molecule has 5 atom stereocenters. The predicted molar refractivity (Wildman–Crippen MR) is 143 cm³/mol. The van der Waals surface area contributed by atoms with Crippen molar-refractivity contribution in [3.8, 4) is 0 Å². The van der Waals surface area contributed by atoms with Gasteiger partial charge in [0.15, 0.2) is 0 Å². The van der Waals surface area contributed by atoms with E-state index in [2.05, 4.69) is 15.4 Å². The molecule has 12 heteroatoms. The summed E-state index contributed by atoms with van der Waals surface area (Å²) in [6, 6.07) is -3.17. The zero-order chi connectivity index (χ0) is 30.5. The van der Waals surface area contributed by atoms with Crippen LogP contribution in [0.1, 0.15) is 79.6 Å². The third-order valence-electron chi connectivity index (χ3n) is 9.22. The number of alkyl carbamates (subject to hydrolysis) is 1. The summed E-state index contributed by atoms with van der Waals surface area (Å²) in [7, 11) is 1.10. The van der Waals surface area contributed by atoms with E-state index in [4.69, 9.17) is 4.74 Å². The molecule has 3 saturated carbocycles. The Balaban J connectivity index is 1.57. The maximum atomic E-state index is 14.1. The number of Topliss-reactive ketones (excluding diaryl/α,β-unsaturated/α-hetero) is 1. The SMILES string of the molecule is COC(=O)C(=O)C(CC1CC1)NC(=O)[C@@H]1[C@@H]2[C@H](CN1C(=O)[C@@H](NC(=O)OC(C)(C)C)C1CCC(F)(F)CC1)C2(C)C. The molecule has 0 radical (unpaired) electrons. The van der Waals surface area contributed by atoms with Crippen LogP contribution in [-0.2, 0) is 28.7 Å². The van der Waals surface area contributed by atoms with Crippen LogP contribution in [-0.4, -0.2) is 77.9 Å². The monoisotopic (exact) mass is 583 g/mol. The molecule has 0 aromatic carbocycles. The number of halogens is 2. The first kappa shape index (κ1) is 31.2. The number of carbonyl (C=O) groups excluding carboxylic acids is 5. The quantitative estimate of drug-likeness (QED) is 0.315. The van der Waals surface area contributed by atoms with E-state index in [1.54, 1.807) is 20.8 Å². The van der Waals surface area contributed by atoms with Crippen molar-refractivity contribution < 1.29 is 42.2 Å². The molecule has 4 fully saturated rings. The molecule has 10 nitrogen and oxygen atoms in total. The Bertz CT molecular complexity index is 1070. The highest BCUT2D eigenvalue weighted by Crippen LogP contribution is 2.65. The Morgan fingerprint density at radius 2 is 1.61 bits per heavy atom. The number of esters is 1. The number of fused-ring (bicyclic) bond motifs is 1. The fraction of sp³-hybridized carbons (Fsp3) is 0.828. The normalized spacial score (nSPS) is 28.1. The van der Waals surface area contributed by atoms with Crippen LogP contribution in [0.4, 0.5) is 13.6 Å². The molecule has 3 aliphatic carbocycles. The first-order valence-electron chi connectivity index (χ1n) is 14.6. The van der Waals surface area contributed by atoms with E-state index in [0.29, 0.717) is 6.42 Å². The molecule has 2 N–H and O–H groups in total. The van der Waals surface area contributed by atoms with E-state index in [-0.39, 0.29) is 42.6 Å². The fourth-order valence-corrected chi connectivity index (χ4v) is 6.62. The average Bonchev–Trinajstić information content (AvgIpc) is 3.72. The minimum absolute atomic E-state index is 0.0123. The number of ether oxygens (including phenoxy) is 2. The van der Waals surface area contributed by atoms with Gasteiger partial charge in [0.2, 0.25) is 17.7 Å². The van der Waals surface area contributed by atoms with Gasteiger partial charge in [-0.2, -0.15) is 0 Å². The molecule has 0 aromatic rings. The molecule has 41 heavy (non-hydrogen) atoms. The number of ketones is 1. The van der Waals surface area contributed by atoms with Gasteiger partial charge < -0.3 is 25.0 Å². The molecule has 0 spiro atoms. The number of nitrogens with zero attached hydrogens (tertiary/aromatic N) is 1. The summed E-state index contributed by atoms with van der Waals surface area (Å²) in [5.41, 5.74) is -1.08. The van der Waals surface area contributed by atoms with Crippen molar-refractivity contribution in [2.45, 2.75) is 109 Å². The number of rotatable bonds is 9. The van der Waals surface area contributed by atoms with Crippen molar-refractivity contribution in [1.29, 1.82) is 0 Å². The first-order valence-corrected chi connectivity index (χ1v) is 14.6. The average molecular weight is 584 g/mol. The van der Waals surface area contributed by atoms with Crippen LogP contribution in [0.2, 0.25) is 0 Å². The largest absolute Gasteiger partial charge is 0.463 e. The molecule has 0 bridgehead atoms. The summed E-state index contributed by atoms with van der Waals surface area (Å²) in [5.74, 6) is -6.34. The van der Waals surface area contributed by atoms with Crippen LogP contribution in [0.15, 0.2) is 0 Å². The number of nitrogens with one attached hydrogen (secondary N) is 2. The third kappa shape index (κ3) is 6.99. The van der Waals surface area contributed by atoms with Gasteiger partial charge >= 0.3 is 12.1 Å². The second-order valence-corrected chi connectivity index (χ2v) is 13.8. The van der Waals surface area contributed by atoms with Crippen molar-refractivity contribution in [2.24, 2.45) is 29.1 Å². The summed E-state index contributed by atoms with van der Waals surface area (Å²) in [6.07, 6.45) is 0.495. The molecule has 1 aliphatic heterocycles. The van der Waals surface area contributed by atoms with Gasteiger partial charge in [0.25, 0.3) is 5.78 Å². The molecule has 1 saturated heterocycles. The van der Waals surface area contributed by atoms with Crippen LogP contribution in [0.3, 0.4) is 0 Å².